The molecule has 1 unspecified atom stereocenters. The maximum absolute atomic E-state index is 11.2. The average molecular weight is 196 g/mol. The molecule has 0 aliphatic carbocycles. The highest BCUT2D eigenvalue weighted by molar-refractivity contribution is 5.87. The molecule has 1 atom stereocenters. The van der Waals surface area contributed by atoms with Crippen LogP contribution in [0.2, 0.25) is 0 Å². The van der Waals surface area contributed by atoms with Crippen LogP contribution in [0.15, 0.2) is 24.8 Å². The van der Waals surface area contributed by atoms with E-state index in [-0.39, 0.29) is 12.1 Å². The van der Waals surface area contributed by atoms with Gasteiger partial charge in [0.1, 0.15) is 6.10 Å². The lowest BCUT2D eigenvalue weighted by Gasteiger charge is -2.15. The van der Waals surface area contributed by atoms with Crippen LogP contribution in [0, 0.1) is 0 Å². The van der Waals surface area contributed by atoms with Crippen LogP contribution in [0.1, 0.15) is 39.5 Å². The van der Waals surface area contributed by atoms with Crippen LogP contribution in [-0.2, 0) is 9.53 Å². The van der Waals surface area contributed by atoms with Crippen molar-refractivity contribution >= 4 is 5.97 Å². The van der Waals surface area contributed by atoms with E-state index in [1.54, 1.807) is 13.0 Å². The van der Waals surface area contributed by atoms with E-state index >= 15 is 0 Å². The van der Waals surface area contributed by atoms with Crippen LogP contribution in [-0.4, -0.2) is 12.1 Å². The normalized spacial score (nSPS) is 11.9. The summed E-state index contributed by atoms with van der Waals surface area (Å²) < 4.78 is 5.24. The van der Waals surface area contributed by atoms with Crippen LogP contribution >= 0.6 is 0 Å². The Morgan fingerprint density at radius 1 is 1.57 bits per heavy atom. The Hall–Kier alpha value is -1.05. The molecule has 0 N–H and O–H groups in total. The van der Waals surface area contributed by atoms with E-state index in [1.165, 1.54) is 0 Å². The fraction of sp³-hybridized carbons (Fsp3) is 0.583. The van der Waals surface area contributed by atoms with Gasteiger partial charge in [0.15, 0.2) is 0 Å². The monoisotopic (exact) mass is 196 g/mol. The second-order valence-electron chi connectivity index (χ2n) is 3.47. The van der Waals surface area contributed by atoms with Gasteiger partial charge in [-0.25, -0.2) is 4.79 Å². The summed E-state index contributed by atoms with van der Waals surface area (Å²) in [6.45, 7) is 11.0. The highest BCUT2D eigenvalue weighted by atomic mass is 16.5. The maximum Gasteiger partial charge on any atom is 0.333 e. The van der Waals surface area contributed by atoms with Gasteiger partial charge in [0.2, 0.25) is 0 Å². The summed E-state index contributed by atoms with van der Waals surface area (Å²) in [5.74, 6) is -0.298. The molecule has 2 heteroatoms. The number of carbonyl (C=O) groups excluding carboxylic acids is 1. The molecule has 0 aliphatic heterocycles. The van der Waals surface area contributed by atoms with E-state index in [4.69, 9.17) is 4.74 Å². The third-order valence-electron chi connectivity index (χ3n) is 1.93. The number of unbranched alkanes of at least 4 members (excludes halogenated alkanes) is 1. The van der Waals surface area contributed by atoms with Crippen molar-refractivity contribution in [3.8, 4) is 0 Å². The van der Waals surface area contributed by atoms with Crippen LogP contribution in [0.4, 0.5) is 0 Å². The predicted molar refractivity (Wildman–Crippen MR) is 59.0 cm³/mol. The molecular weight excluding hydrogens is 176 g/mol. The number of hydrogen-bond donors (Lipinski definition) is 0. The highest BCUT2D eigenvalue weighted by Gasteiger charge is 2.12. The summed E-state index contributed by atoms with van der Waals surface area (Å²) in [6.07, 6.45) is 5.56. The number of esters is 1. The van der Waals surface area contributed by atoms with Gasteiger partial charge in [0.05, 0.1) is 0 Å². The average Bonchev–Trinajstić information content (AvgIpc) is 2.14. The zero-order valence-electron chi connectivity index (χ0n) is 9.21. The van der Waals surface area contributed by atoms with Crippen molar-refractivity contribution < 1.29 is 9.53 Å². The van der Waals surface area contributed by atoms with Gasteiger partial charge in [-0.3, -0.25) is 0 Å². The molecule has 0 amide bonds. The molecule has 0 aliphatic rings. The first-order valence-corrected chi connectivity index (χ1v) is 5.09. The van der Waals surface area contributed by atoms with Gasteiger partial charge in [-0.15, -0.1) is 6.58 Å². The van der Waals surface area contributed by atoms with Crippen molar-refractivity contribution in [2.75, 3.05) is 0 Å². The molecule has 0 aromatic rings. The second kappa shape index (κ2) is 7.36. The molecule has 0 aromatic carbocycles. The molecule has 0 rings (SSSR count). The Kier molecular flexibility index (Phi) is 6.81. The van der Waals surface area contributed by atoms with E-state index in [9.17, 15) is 4.79 Å². The number of ether oxygens (including phenoxy) is 1. The first-order valence-electron chi connectivity index (χ1n) is 5.09. The molecule has 0 saturated carbocycles. The largest absolute Gasteiger partial charge is 0.459 e. The van der Waals surface area contributed by atoms with E-state index in [1.807, 2.05) is 0 Å². The van der Waals surface area contributed by atoms with Gasteiger partial charge >= 0.3 is 5.97 Å². The Balaban J connectivity index is 4.00. The van der Waals surface area contributed by atoms with Crippen molar-refractivity contribution in [2.24, 2.45) is 0 Å². The fourth-order valence-corrected chi connectivity index (χ4v) is 1.09. The van der Waals surface area contributed by atoms with Gasteiger partial charge in [-0.2, -0.15) is 0 Å². The summed E-state index contributed by atoms with van der Waals surface area (Å²) in [6, 6.07) is 0. The molecule has 0 bridgehead atoms. The first kappa shape index (κ1) is 12.9. The molecule has 0 aromatic heterocycles. The minimum atomic E-state index is -0.298. The highest BCUT2D eigenvalue weighted by Crippen LogP contribution is 2.11. The van der Waals surface area contributed by atoms with E-state index in [2.05, 4.69) is 20.1 Å². The lowest BCUT2D eigenvalue weighted by atomic mass is 10.1. The van der Waals surface area contributed by atoms with Gasteiger partial charge in [-0.1, -0.05) is 32.4 Å². The minimum Gasteiger partial charge on any atom is -0.459 e. The fourth-order valence-electron chi connectivity index (χ4n) is 1.09. The second-order valence-corrected chi connectivity index (χ2v) is 3.47. The SMILES string of the molecule is C=CCC(CCCC)OC(=O)C(=C)C. The summed E-state index contributed by atoms with van der Waals surface area (Å²) in [4.78, 5) is 11.2. The van der Waals surface area contributed by atoms with Crippen molar-refractivity contribution in [2.45, 2.75) is 45.6 Å². The standard InChI is InChI=1S/C12H20O2/c1-5-7-9-11(8-6-2)14-12(13)10(3)4/h6,11H,2-3,5,7-9H2,1,4H3. The Labute approximate surface area is 86.6 Å². The molecule has 14 heavy (non-hydrogen) atoms. The van der Waals surface area contributed by atoms with Crippen molar-refractivity contribution in [1.29, 1.82) is 0 Å². The molecule has 0 fully saturated rings. The molecule has 0 spiro atoms. The van der Waals surface area contributed by atoms with Gasteiger partial charge in [0, 0.05) is 12.0 Å². The summed E-state index contributed by atoms with van der Waals surface area (Å²) in [5, 5.41) is 0. The van der Waals surface area contributed by atoms with Crippen molar-refractivity contribution in [3.63, 3.8) is 0 Å². The third-order valence-corrected chi connectivity index (χ3v) is 1.93. The summed E-state index contributed by atoms with van der Waals surface area (Å²) in [7, 11) is 0. The lowest BCUT2D eigenvalue weighted by Crippen LogP contribution is -2.17. The Bertz CT molecular complexity index is 206. The first-order chi connectivity index (χ1) is 6.61. The van der Waals surface area contributed by atoms with E-state index in [0.29, 0.717) is 5.57 Å². The van der Waals surface area contributed by atoms with E-state index in [0.717, 1.165) is 25.7 Å². The topological polar surface area (TPSA) is 26.3 Å². The number of carbonyl (C=O) groups is 1. The smallest absolute Gasteiger partial charge is 0.333 e. The van der Waals surface area contributed by atoms with Crippen LogP contribution in [0.25, 0.3) is 0 Å². The van der Waals surface area contributed by atoms with Gasteiger partial charge in [-0.05, 0) is 13.3 Å². The summed E-state index contributed by atoms with van der Waals surface area (Å²) in [5.41, 5.74) is 0.454. The van der Waals surface area contributed by atoms with Crippen LogP contribution in [0.3, 0.4) is 0 Å². The quantitative estimate of drug-likeness (QED) is 0.355. The number of hydrogen-bond acceptors (Lipinski definition) is 2. The van der Waals surface area contributed by atoms with E-state index < -0.39 is 0 Å². The zero-order chi connectivity index (χ0) is 11.0. The molecule has 2 nitrogen and oxygen atoms in total. The molecule has 80 valence electrons. The Morgan fingerprint density at radius 3 is 2.64 bits per heavy atom. The summed E-state index contributed by atoms with van der Waals surface area (Å²) >= 11 is 0. The van der Waals surface area contributed by atoms with Crippen LogP contribution < -0.4 is 0 Å². The molecular formula is C12H20O2. The minimum absolute atomic E-state index is 0.0309. The van der Waals surface area contributed by atoms with Gasteiger partial charge < -0.3 is 4.74 Å². The maximum atomic E-state index is 11.2. The Morgan fingerprint density at radius 2 is 2.21 bits per heavy atom. The lowest BCUT2D eigenvalue weighted by molar-refractivity contribution is -0.144. The van der Waals surface area contributed by atoms with Crippen molar-refractivity contribution in [1.82, 2.24) is 0 Å². The van der Waals surface area contributed by atoms with Gasteiger partial charge in [0.25, 0.3) is 0 Å². The van der Waals surface area contributed by atoms with Crippen molar-refractivity contribution in [3.05, 3.63) is 24.8 Å². The number of rotatable bonds is 7. The molecule has 0 radical (unpaired) electrons. The zero-order valence-corrected chi connectivity index (χ0v) is 9.21. The molecule has 0 saturated heterocycles. The predicted octanol–water partition coefficient (Wildman–Crippen LogP) is 3.24. The molecule has 0 heterocycles. The third kappa shape index (κ3) is 5.57. The van der Waals surface area contributed by atoms with Crippen LogP contribution in [0.5, 0.6) is 0 Å².